The number of carbonyl (C=O) groups is 2. The summed E-state index contributed by atoms with van der Waals surface area (Å²) in [6.07, 6.45) is 1.86. The van der Waals surface area contributed by atoms with E-state index >= 15 is 0 Å². The molecule has 116 valence electrons. The van der Waals surface area contributed by atoms with Crippen LogP contribution in [0.15, 0.2) is 30.3 Å². The third kappa shape index (κ3) is 4.60. The summed E-state index contributed by atoms with van der Waals surface area (Å²) in [5, 5.41) is 12.5. The van der Waals surface area contributed by atoms with Gasteiger partial charge in [0.15, 0.2) is 5.82 Å². The van der Waals surface area contributed by atoms with E-state index < -0.39 is 0 Å². The number of benzene rings is 1. The van der Waals surface area contributed by atoms with Gasteiger partial charge in [0.05, 0.1) is 6.54 Å². The van der Waals surface area contributed by atoms with Crippen LogP contribution in [0, 0.1) is 0 Å². The Morgan fingerprint density at radius 2 is 2.00 bits per heavy atom. The van der Waals surface area contributed by atoms with Crippen LogP contribution in [0.1, 0.15) is 29.4 Å². The first-order valence-corrected chi connectivity index (χ1v) is 7.34. The van der Waals surface area contributed by atoms with Crippen molar-refractivity contribution < 1.29 is 9.59 Å². The fraction of sp³-hybridized carbons (Fsp3) is 0.267. The minimum Gasteiger partial charge on any atom is -0.343 e. The first-order chi connectivity index (χ1) is 10.6. The van der Waals surface area contributed by atoms with E-state index in [1.165, 1.54) is 0 Å². The van der Waals surface area contributed by atoms with Crippen molar-refractivity contribution >= 4 is 29.2 Å². The summed E-state index contributed by atoms with van der Waals surface area (Å²) in [6, 6.07) is 8.22. The van der Waals surface area contributed by atoms with Gasteiger partial charge in [0.25, 0.3) is 5.91 Å². The topological polar surface area (TPSA) is 86.9 Å². The average molecular weight is 321 g/mol. The maximum Gasteiger partial charge on any atom is 0.251 e. The number of aryl methyl sites for hydroxylation is 1. The highest BCUT2D eigenvalue weighted by molar-refractivity contribution is 6.30. The van der Waals surface area contributed by atoms with E-state index in [0.717, 1.165) is 18.5 Å². The number of nitrogens with one attached hydrogen (secondary N) is 3. The number of halogens is 1. The molecular formula is C15H17ClN4O2. The van der Waals surface area contributed by atoms with Crippen LogP contribution in [0.5, 0.6) is 0 Å². The highest BCUT2D eigenvalue weighted by Gasteiger charge is 2.09. The predicted octanol–water partition coefficient (Wildman–Crippen LogP) is 2.38. The van der Waals surface area contributed by atoms with Crippen molar-refractivity contribution in [1.82, 2.24) is 15.5 Å². The number of nitrogens with zero attached hydrogens (tertiary/aromatic N) is 1. The molecule has 6 nitrogen and oxygen atoms in total. The van der Waals surface area contributed by atoms with Gasteiger partial charge < -0.3 is 10.6 Å². The third-order valence-corrected chi connectivity index (χ3v) is 3.19. The van der Waals surface area contributed by atoms with Crippen LogP contribution >= 0.6 is 11.6 Å². The van der Waals surface area contributed by atoms with Crippen LogP contribution in [0.4, 0.5) is 5.82 Å². The minimum atomic E-state index is -0.336. The first kappa shape index (κ1) is 16.0. The zero-order chi connectivity index (χ0) is 15.9. The molecule has 0 fully saturated rings. The number of hydrogen-bond acceptors (Lipinski definition) is 3. The van der Waals surface area contributed by atoms with Gasteiger partial charge in [0.1, 0.15) is 0 Å². The van der Waals surface area contributed by atoms with Crippen molar-refractivity contribution in [2.24, 2.45) is 0 Å². The van der Waals surface area contributed by atoms with Gasteiger partial charge in [-0.3, -0.25) is 14.7 Å². The Labute approximate surface area is 133 Å². The second kappa shape index (κ2) is 7.61. The molecule has 0 aliphatic heterocycles. The summed E-state index contributed by atoms with van der Waals surface area (Å²) >= 11 is 5.75. The molecular weight excluding hydrogens is 304 g/mol. The lowest BCUT2D eigenvalue weighted by Gasteiger charge is -2.05. The van der Waals surface area contributed by atoms with Gasteiger partial charge in [-0.05, 0) is 30.7 Å². The van der Waals surface area contributed by atoms with Crippen LogP contribution in [0.25, 0.3) is 0 Å². The summed E-state index contributed by atoms with van der Waals surface area (Å²) in [4.78, 5) is 23.6. The van der Waals surface area contributed by atoms with Crippen LogP contribution in [-0.2, 0) is 11.2 Å². The zero-order valence-electron chi connectivity index (χ0n) is 12.1. The third-order valence-electron chi connectivity index (χ3n) is 2.93. The second-order valence-corrected chi connectivity index (χ2v) is 5.20. The van der Waals surface area contributed by atoms with Gasteiger partial charge in [0.2, 0.25) is 5.91 Å². The summed E-state index contributed by atoms with van der Waals surface area (Å²) in [5.41, 5.74) is 1.41. The molecule has 22 heavy (non-hydrogen) atoms. The molecule has 0 atom stereocenters. The monoisotopic (exact) mass is 320 g/mol. The van der Waals surface area contributed by atoms with Gasteiger partial charge in [-0.15, -0.1) is 0 Å². The van der Waals surface area contributed by atoms with Crippen LogP contribution < -0.4 is 10.6 Å². The number of aromatic nitrogens is 2. The lowest BCUT2D eigenvalue weighted by molar-refractivity contribution is -0.115. The fourth-order valence-electron chi connectivity index (χ4n) is 1.87. The van der Waals surface area contributed by atoms with Crippen molar-refractivity contribution in [2.45, 2.75) is 19.8 Å². The molecule has 0 spiro atoms. The number of rotatable bonds is 6. The normalized spacial score (nSPS) is 10.3. The Morgan fingerprint density at radius 3 is 2.68 bits per heavy atom. The van der Waals surface area contributed by atoms with Gasteiger partial charge >= 0.3 is 0 Å². The summed E-state index contributed by atoms with van der Waals surface area (Å²) in [6.45, 7) is 1.93. The molecule has 0 saturated heterocycles. The summed E-state index contributed by atoms with van der Waals surface area (Å²) < 4.78 is 0. The van der Waals surface area contributed by atoms with Crippen LogP contribution in [0.2, 0.25) is 5.02 Å². The Balaban J connectivity index is 1.81. The van der Waals surface area contributed by atoms with Gasteiger partial charge in [-0.1, -0.05) is 24.9 Å². The Bertz CT molecular complexity index is 652. The lowest BCUT2D eigenvalue weighted by atomic mass is 10.2. The molecule has 7 heteroatoms. The highest BCUT2D eigenvalue weighted by atomic mass is 35.5. The van der Waals surface area contributed by atoms with Gasteiger partial charge in [-0.25, -0.2) is 0 Å². The summed E-state index contributed by atoms with van der Waals surface area (Å²) in [5.74, 6) is -0.216. The molecule has 0 bridgehead atoms. The molecule has 3 N–H and O–H groups in total. The minimum absolute atomic E-state index is 0.128. The quantitative estimate of drug-likeness (QED) is 0.763. The number of aromatic amines is 1. The number of hydrogen-bond donors (Lipinski definition) is 3. The molecule has 2 aromatic rings. The smallest absolute Gasteiger partial charge is 0.251 e. The molecule has 1 aromatic heterocycles. The highest BCUT2D eigenvalue weighted by Crippen LogP contribution is 2.09. The van der Waals surface area contributed by atoms with E-state index in [2.05, 4.69) is 27.8 Å². The van der Waals surface area contributed by atoms with E-state index in [-0.39, 0.29) is 18.4 Å². The first-order valence-electron chi connectivity index (χ1n) is 6.96. The predicted molar refractivity (Wildman–Crippen MR) is 85.0 cm³/mol. The fourth-order valence-corrected chi connectivity index (χ4v) is 2.00. The largest absolute Gasteiger partial charge is 0.343 e. The molecule has 1 heterocycles. The number of H-pyrrole nitrogens is 1. The Hall–Kier alpha value is -2.34. The van der Waals surface area contributed by atoms with E-state index in [4.69, 9.17) is 11.6 Å². The lowest BCUT2D eigenvalue weighted by Crippen LogP contribution is -2.32. The van der Waals surface area contributed by atoms with E-state index in [1.54, 1.807) is 30.3 Å². The van der Waals surface area contributed by atoms with Crippen molar-refractivity contribution in [1.29, 1.82) is 0 Å². The summed E-state index contributed by atoms with van der Waals surface area (Å²) in [7, 11) is 0. The van der Waals surface area contributed by atoms with Gasteiger partial charge in [0, 0.05) is 22.3 Å². The average Bonchev–Trinajstić information content (AvgIpc) is 2.93. The van der Waals surface area contributed by atoms with E-state index in [0.29, 0.717) is 16.4 Å². The number of carbonyl (C=O) groups excluding carboxylic acids is 2. The van der Waals surface area contributed by atoms with Crippen molar-refractivity contribution in [2.75, 3.05) is 11.9 Å². The Kier molecular flexibility index (Phi) is 5.55. The maximum atomic E-state index is 11.8. The number of amides is 2. The Morgan fingerprint density at radius 1 is 1.27 bits per heavy atom. The van der Waals surface area contributed by atoms with E-state index in [1.807, 2.05) is 0 Å². The molecule has 0 aliphatic rings. The number of anilines is 1. The van der Waals surface area contributed by atoms with Crippen molar-refractivity contribution in [3.63, 3.8) is 0 Å². The SMILES string of the molecule is CCCc1cc(NC(=O)CNC(=O)c2ccc(Cl)cc2)n[nH]1. The molecule has 0 aliphatic carbocycles. The zero-order valence-corrected chi connectivity index (χ0v) is 12.9. The molecule has 2 rings (SSSR count). The van der Waals surface area contributed by atoms with Crippen LogP contribution in [-0.4, -0.2) is 28.6 Å². The second-order valence-electron chi connectivity index (χ2n) is 4.77. The molecule has 2 amide bonds. The van der Waals surface area contributed by atoms with Gasteiger partial charge in [-0.2, -0.15) is 5.10 Å². The molecule has 0 radical (unpaired) electrons. The maximum absolute atomic E-state index is 11.8. The van der Waals surface area contributed by atoms with E-state index in [9.17, 15) is 9.59 Å². The molecule has 1 aromatic carbocycles. The molecule has 0 unspecified atom stereocenters. The standard InChI is InChI=1S/C15H17ClN4O2/c1-2-3-12-8-13(20-19-12)18-14(21)9-17-15(22)10-4-6-11(16)7-5-10/h4-8H,2-3,9H2,1H3,(H,17,22)(H2,18,19,20,21). The van der Waals surface area contributed by atoms with Crippen molar-refractivity contribution in [3.05, 3.63) is 46.6 Å². The van der Waals surface area contributed by atoms with Crippen molar-refractivity contribution in [3.8, 4) is 0 Å². The molecule has 0 saturated carbocycles. The van der Waals surface area contributed by atoms with Crippen LogP contribution in [0.3, 0.4) is 0 Å².